The summed E-state index contributed by atoms with van der Waals surface area (Å²) in [4.78, 5) is -0.546. The van der Waals surface area contributed by atoms with Gasteiger partial charge in [-0.3, -0.25) is 0 Å². The van der Waals surface area contributed by atoms with E-state index in [1.165, 1.54) is 18.8 Å². The fraction of sp³-hybridized carbons (Fsp3) is 0.500. The van der Waals surface area contributed by atoms with Gasteiger partial charge in [0.2, 0.25) is 10.0 Å². The maximum Gasteiger partial charge on any atom is 0.246 e. The topological polar surface area (TPSA) is 63.4 Å². The zero-order valence-electron chi connectivity index (χ0n) is 11.6. The molecular formula is C12H18F2N2O2S2. The van der Waals surface area contributed by atoms with Gasteiger partial charge in [0.15, 0.2) is 5.82 Å². The zero-order valence-corrected chi connectivity index (χ0v) is 13.2. The van der Waals surface area contributed by atoms with Crippen molar-refractivity contribution in [3.8, 4) is 0 Å². The van der Waals surface area contributed by atoms with E-state index in [1.807, 2.05) is 6.26 Å². The third-order valence-electron chi connectivity index (χ3n) is 3.04. The molecule has 1 atom stereocenters. The van der Waals surface area contributed by atoms with Crippen LogP contribution in [0, 0.1) is 11.6 Å². The van der Waals surface area contributed by atoms with Crippen molar-refractivity contribution in [2.24, 2.45) is 5.73 Å². The van der Waals surface area contributed by atoms with Gasteiger partial charge in [-0.1, -0.05) is 0 Å². The lowest BCUT2D eigenvalue weighted by atomic mass is 10.2. The van der Waals surface area contributed by atoms with Gasteiger partial charge in [0.1, 0.15) is 10.7 Å². The van der Waals surface area contributed by atoms with Crippen molar-refractivity contribution in [3.05, 3.63) is 29.3 Å². The number of benzene rings is 1. The molecule has 0 radical (unpaired) electrons. The SMILES string of the molecule is CSCC(C)N(C)S(=O)(=O)c1ccc(F)c(CN)c1F. The van der Waals surface area contributed by atoms with E-state index >= 15 is 0 Å². The third-order valence-corrected chi connectivity index (χ3v) is 5.85. The second-order valence-electron chi connectivity index (χ2n) is 4.37. The number of halogens is 2. The molecule has 0 aromatic heterocycles. The minimum atomic E-state index is -4.02. The van der Waals surface area contributed by atoms with Gasteiger partial charge < -0.3 is 5.73 Å². The van der Waals surface area contributed by atoms with E-state index in [0.717, 1.165) is 16.4 Å². The number of nitrogens with two attached hydrogens (primary N) is 1. The predicted octanol–water partition coefficient (Wildman–Crippen LogP) is 1.80. The number of hydrogen-bond donors (Lipinski definition) is 1. The van der Waals surface area contributed by atoms with Gasteiger partial charge in [-0.05, 0) is 25.3 Å². The lowest BCUT2D eigenvalue weighted by Crippen LogP contribution is -2.37. The molecule has 20 heavy (non-hydrogen) atoms. The van der Waals surface area contributed by atoms with Gasteiger partial charge in [-0.2, -0.15) is 16.1 Å². The molecule has 0 fully saturated rings. The number of hydrogen-bond acceptors (Lipinski definition) is 4. The van der Waals surface area contributed by atoms with Gasteiger partial charge >= 0.3 is 0 Å². The average molecular weight is 324 g/mol. The van der Waals surface area contributed by atoms with Crippen LogP contribution in [0.15, 0.2) is 17.0 Å². The van der Waals surface area contributed by atoms with Crippen LogP contribution in [-0.2, 0) is 16.6 Å². The van der Waals surface area contributed by atoms with Crippen LogP contribution in [-0.4, -0.2) is 37.8 Å². The first-order valence-corrected chi connectivity index (χ1v) is 8.74. The fourth-order valence-corrected chi connectivity index (χ4v) is 3.95. The Morgan fingerprint density at radius 3 is 2.50 bits per heavy atom. The lowest BCUT2D eigenvalue weighted by molar-refractivity contribution is 0.410. The molecule has 4 nitrogen and oxygen atoms in total. The highest BCUT2D eigenvalue weighted by atomic mass is 32.2. The largest absolute Gasteiger partial charge is 0.326 e. The van der Waals surface area contributed by atoms with Crippen molar-refractivity contribution in [2.75, 3.05) is 19.1 Å². The van der Waals surface area contributed by atoms with Crippen LogP contribution in [0.2, 0.25) is 0 Å². The second-order valence-corrected chi connectivity index (χ2v) is 7.24. The fourth-order valence-electron chi connectivity index (χ4n) is 1.70. The number of sulfonamides is 1. The summed E-state index contributed by atoms with van der Waals surface area (Å²) in [5, 5.41) is 0. The molecule has 8 heteroatoms. The first-order valence-electron chi connectivity index (χ1n) is 5.91. The molecule has 0 aliphatic rings. The molecular weight excluding hydrogens is 306 g/mol. The monoisotopic (exact) mass is 324 g/mol. The summed E-state index contributed by atoms with van der Waals surface area (Å²) < 4.78 is 53.3. The van der Waals surface area contributed by atoms with E-state index in [1.54, 1.807) is 6.92 Å². The molecule has 0 heterocycles. The standard InChI is InChI=1S/C12H18F2N2O2S2/c1-8(7-19-3)16(2)20(17,18)11-5-4-10(13)9(6-15)12(11)14/h4-5,8H,6-7,15H2,1-3H3. The molecule has 1 unspecified atom stereocenters. The Hall–Kier alpha value is -0.700. The summed E-state index contributed by atoms with van der Waals surface area (Å²) in [5.41, 5.74) is 4.84. The summed E-state index contributed by atoms with van der Waals surface area (Å²) in [5.74, 6) is -1.39. The van der Waals surface area contributed by atoms with Crippen molar-refractivity contribution in [1.82, 2.24) is 4.31 Å². The molecule has 1 rings (SSSR count). The van der Waals surface area contributed by atoms with Crippen molar-refractivity contribution in [2.45, 2.75) is 24.4 Å². The van der Waals surface area contributed by atoms with E-state index in [2.05, 4.69) is 0 Å². The first kappa shape index (κ1) is 17.4. The van der Waals surface area contributed by atoms with Gasteiger partial charge in [-0.15, -0.1) is 0 Å². The molecule has 0 bridgehead atoms. The normalized spacial score (nSPS) is 13.8. The van der Waals surface area contributed by atoms with E-state index in [0.29, 0.717) is 5.75 Å². The quantitative estimate of drug-likeness (QED) is 0.866. The first-order chi connectivity index (χ1) is 9.27. The lowest BCUT2D eigenvalue weighted by Gasteiger charge is -2.24. The molecule has 114 valence electrons. The molecule has 0 spiro atoms. The van der Waals surface area contributed by atoms with E-state index in [9.17, 15) is 17.2 Å². The Labute approximate surface area is 122 Å². The summed E-state index contributed by atoms with van der Waals surface area (Å²) >= 11 is 1.48. The summed E-state index contributed by atoms with van der Waals surface area (Å²) in [6.07, 6.45) is 1.85. The minimum absolute atomic E-state index is 0.305. The van der Waals surface area contributed by atoms with Gasteiger partial charge in [0.25, 0.3) is 0 Å². The van der Waals surface area contributed by atoms with E-state index < -0.39 is 38.7 Å². The van der Waals surface area contributed by atoms with Crippen LogP contribution < -0.4 is 5.73 Å². The maximum atomic E-state index is 14.1. The molecule has 0 saturated heterocycles. The molecule has 2 N–H and O–H groups in total. The van der Waals surface area contributed by atoms with Crippen molar-refractivity contribution in [1.29, 1.82) is 0 Å². The Morgan fingerprint density at radius 2 is 2.00 bits per heavy atom. The highest BCUT2D eigenvalue weighted by Crippen LogP contribution is 2.24. The van der Waals surface area contributed by atoms with Crippen LogP contribution in [0.1, 0.15) is 12.5 Å². The van der Waals surface area contributed by atoms with Crippen molar-refractivity contribution < 1.29 is 17.2 Å². The average Bonchev–Trinajstić information content (AvgIpc) is 2.38. The summed E-state index contributed by atoms with van der Waals surface area (Å²) in [6, 6.07) is 1.55. The van der Waals surface area contributed by atoms with Gasteiger partial charge in [0.05, 0.1) is 0 Å². The molecule has 0 aliphatic carbocycles. The summed E-state index contributed by atoms with van der Waals surface area (Å²) in [7, 11) is -2.64. The minimum Gasteiger partial charge on any atom is -0.326 e. The van der Waals surface area contributed by atoms with Crippen LogP contribution in [0.4, 0.5) is 8.78 Å². The highest BCUT2D eigenvalue weighted by molar-refractivity contribution is 7.98. The molecule has 0 amide bonds. The van der Waals surface area contributed by atoms with Crippen LogP contribution in [0.5, 0.6) is 0 Å². The van der Waals surface area contributed by atoms with Crippen molar-refractivity contribution >= 4 is 21.8 Å². The maximum absolute atomic E-state index is 14.1. The molecule has 0 saturated carbocycles. The Morgan fingerprint density at radius 1 is 1.40 bits per heavy atom. The molecule has 1 aromatic rings. The Kier molecular flexibility index (Phi) is 5.93. The van der Waals surface area contributed by atoms with Crippen LogP contribution in [0.3, 0.4) is 0 Å². The summed E-state index contributed by atoms with van der Waals surface area (Å²) in [6.45, 7) is 1.32. The molecule has 1 aromatic carbocycles. The molecule has 0 aliphatic heterocycles. The third kappa shape index (κ3) is 3.30. The van der Waals surface area contributed by atoms with Gasteiger partial charge in [-0.25, -0.2) is 17.2 Å². The second kappa shape index (κ2) is 6.84. The smallest absolute Gasteiger partial charge is 0.246 e. The zero-order chi connectivity index (χ0) is 15.5. The van der Waals surface area contributed by atoms with Gasteiger partial charge in [0, 0.05) is 31.0 Å². The predicted molar refractivity (Wildman–Crippen MR) is 77.0 cm³/mol. The van der Waals surface area contributed by atoms with E-state index in [-0.39, 0.29) is 6.04 Å². The highest BCUT2D eigenvalue weighted by Gasteiger charge is 2.29. The number of thioether (sulfide) groups is 1. The number of rotatable bonds is 6. The number of nitrogens with zero attached hydrogens (tertiary/aromatic N) is 1. The van der Waals surface area contributed by atoms with E-state index in [4.69, 9.17) is 5.73 Å². The Balaban J connectivity index is 3.29. The van der Waals surface area contributed by atoms with Crippen LogP contribution >= 0.6 is 11.8 Å². The van der Waals surface area contributed by atoms with Crippen LogP contribution in [0.25, 0.3) is 0 Å². The van der Waals surface area contributed by atoms with Crippen molar-refractivity contribution in [3.63, 3.8) is 0 Å². The Bertz CT molecular complexity index is 579.